The molecule has 2 heterocycles. The van der Waals surface area contributed by atoms with E-state index in [9.17, 15) is 5.11 Å². The topological polar surface area (TPSA) is 60.2 Å². The molecular weight excluding hydrogens is 194 g/mol. The van der Waals surface area contributed by atoms with Crippen molar-refractivity contribution in [2.75, 3.05) is 6.61 Å². The summed E-state index contributed by atoms with van der Waals surface area (Å²) in [5.41, 5.74) is 0. The van der Waals surface area contributed by atoms with Crippen molar-refractivity contribution < 1.29 is 9.84 Å². The predicted molar refractivity (Wildman–Crippen MR) is 52.1 cm³/mol. The first kappa shape index (κ1) is 9.30. The molecule has 1 aromatic heterocycles. The standard InChI is InChI=1S/C10H15N3O2/c14-6-9-11-12-10(8-2-1-5-15-8)13(9)7-3-4-7/h7-8,14H,1-6H2. The summed E-state index contributed by atoms with van der Waals surface area (Å²) >= 11 is 0. The summed E-state index contributed by atoms with van der Waals surface area (Å²) in [7, 11) is 0. The molecule has 1 aliphatic carbocycles. The average molecular weight is 209 g/mol. The van der Waals surface area contributed by atoms with Gasteiger partial charge in [0.25, 0.3) is 0 Å². The van der Waals surface area contributed by atoms with Gasteiger partial charge in [0.2, 0.25) is 0 Å². The van der Waals surface area contributed by atoms with Gasteiger partial charge in [-0.3, -0.25) is 0 Å². The maximum atomic E-state index is 9.19. The summed E-state index contributed by atoms with van der Waals surface area (Å²) in [6, 6.07) is 0.501. The number of nitrogens with zero attached hydrogens (tertiary/aromatic N) is 3. The van der Waals surface area contributed by atoms with Gasteiger partial charge in [0, 0.05) is 12.6 Å². The first-order valence-electron chi connectivity index (χ1n) is 5.56. The Hall–Kier alpha value is -0.940. The molecule has 1 aromatic rings. The third-order valence-corrected chi connectivity index (χ3v) is 3.06. The van der Waals surface area contributed by atoms with Crippen molar-refractivity contribution in [3.8, 4) is 0 Å². The van der Waals surface area contributed by atoms with Crippen LogP contribution in [0.2, 0.25) is 0 Å². The van der Waals surface area contributed by atoms with Crippen LogP contribution in [-0.4, -0.2) is 26.5 Å². The number of aliphatic hydroxyl groups excluding tert-OH is 1. The fourth-order valence-corrected chi connectivity index (χ4v) is 2.18. The highest BCUT2D eigenvalue weighted by atomic mass is 16.5. The Morgan fingerprint density at radius 1 is 1.33 bits per heavy atom. The van der Waals surface area contributed by atoms with E-state index in [4.69, 9.17) is 4.74 Å². The van der Waals surface area contributed by atoms with Gasteiger partial charge < -0.3 is 14.4 Å². The number of aromatic nitrogens is 3. The second-order valence-corrected chi connectivity index (χ2v) is 4.24. The molecule has 5 heteroatoms. The molecule has 1 saturated heterocycles. The molecule has 1 aliphatic heterocycles. The van der Waals surface area contributed by atoms with Crippen molar-refractivity contribution in [3.63, 3.8) is 0 Å². The van der Waals surface area contributed by atoms with Crippen LogP contribution in [0.4, 0.5) is 0 Å². The van der Waals surface area contributed by atoms with Gasteiger partial charge in [-0.05, 0) is 25.7 Å². The molecule has 0 amide bonds. The van der Waals surface area contributed by atoms with Crippen LogP contribution in [0.5, 0.6) is 0 Å². The number of ether oxygens (including phenoxy) is 1. The van der Waals surface area contributed by atoms with Crippen LogP contribution in [0.1, 0.15) is 49.5 Å². The molecule has 2 aliphatic rings. The van der Waals surface area contributed by atoms with Gasteiger partial charge in [0.05, 0.1) is 0 Å². The predicted octanol–water partition coefficient (Wildman–Crippen LogP) is 0.957. The third-order valence-electron chi connectivity index (χ3n) is 3.06. The Bertz CT molecular complexity index is 354. The van der Waals surface area contributed by atoms with E-state index in [2.05, 4.69) is 14.8 Å². The fourth-order valence-electron chi connectivity index (χ4n) is 2.18. The van der Waals surface area contributed by atoms with E-state index >= 15 is 0 Å². The number of hydrogen-bond donors (Lipinski definition) is 1. The molecule has 1 saturated carbocycles. The zero-order chi connectivity index (χ0) is 10.3. The summed E-state index contributed by atoms with van der Waals surface area (Å²) in [4.78, 5) is 0. The van der Waals surface area contributed by atoms with Crippen LogP contribution < -0.4 is 0 Å². The van der Waals surface area contributed by atoms with Crippen molar-refractivity contribution in [2.24, 2.45) is 0 Å². The van der Waals surface area contributed by atoms with Crippen molar-refractivity contribution in [1.29, 1.82) is 0 Å². The molecule has 82 valence electrons. The van der Waals surface area contributed by atoms with Crippen molar-refractivity contribution in [3.05, 3.63) is 11.6 Å². The minimum atomic E-state index is -0.0315. The molecule has 0 bridgehead atoms. The lowest BCUT2D eigenvalue weighted by Crippen LogP contribution is -2.10. The Kier molecular flexibility index (Phi) is 2.21. The zero-order valence-corrected chi connectivity index (χ0v) is 8.59. The Morgan fingerprint density at radius 2 is 2.20 bits per heavy atom. The number of aliphatic hydroxyl groups is 1. The van der Waals surface area contributed by atoms with Crippen molar-refractivity contribution in [2.45, 2.75) is 44.4 Å². The quantitative estimate of drug-likeness (QED) is 0.805. The SMILES string of the molecule is OCc1nnc(C2CCCO2)n1C1CC1. The van der Waals surface area contributed by atoms with Crippen LogP contribution in [0, 0.1) is 0 Å². The van der Waals surface area contributed by atoms with Crippen LogP contribution in [0.15, 0.2) is 0 Å². The Labute approximate surface area is 88.1 Å². The van der Waals surface area contributed by atoms with E-state index in [-0.39, 0.29) is 12.7 Å². The maximum absolute atomic E-state index is 9.19. The second kappa shape index (κ2) is 3.57. The summed E-state index contributed by atoms with van der Waals surface area (Å²) in [5, 5.41) is 17.4. The second-order valence-electron chi connectivity index (χ2n) is 4.24. The number of rotatable bonds is 3. The van der Waals surface area contributed by atoms with E-state index in [0.29, 0.717) is 11.9 Å². The van der Waals surface area contributed by atoms with E-state index in [1.807, 2.05) is 0 Å². The molecule has 2 fully saturated rings. The lowest BCUT2D eigenvalue weighted by atomic mass is 10.2. The Morgan fingerprint density at radius 3 is 2.80 bits per heavy atom. The molecule has 5 nitrogen and oxygen atoms in total. The first-order chi connectivity index (χ1) is 7.40. The molecule has 1 unspecified atom stereocenters. The molecule has 0 radical (unpaired) electrons. The molecule has 3 rings (SSSR count). The first-order valence-corrected chi connectivity index (χ1v) is 5.56. The van der Waals surface area contributed by atoms with Gasteiger partial charge >= 0.3 is 0 Å². The van der Waals surface area contributed by atoms with Crippen LogP contribution in [0.3, 0.4) is 0 Å². The zero-order valence-electron chi connectivity index (χ0n) is 8.59. The van der Waals surface area contributed by atoms with Crippen LogP contribution >= 0.6 is 0 Å². The molecular formula is C10H15N3O2. The minimum absolute atomic E-state index is 0.0315. The monoisotopic (exact) mass is 209 g/mol. The van der Waals surface area contributed by atoms with Gasteiger partial charge in [-0.2, -0.15) is 0 Å². The van der Waals surface area contributed by atoms with Crippen LogP contribution in [0.25, 0.3) is 0 Å². The summed E-state index contributed by atoms with van der Waals surface area (Å²) in [5.74, 6) is 1.60. The number of hydrogen-bond acceptors (Lipinski definition) is 4. The molecule has 1 N–H and O–H groups in total. The molecule has 15 heavy (non-hydrogen) atoms. The largest absolute Gasteiger partial charge is 0.388 e. The van der Waals surface area contributed by atoms with Gasteiger partial charge in [0.1, 0.15) is 12.7 Å². The van der Waals surface area contributed by atoms with Gasteiger partial charge in [-0.25, -0.2) is 0 Å². The fraction of sp³-hybridized carbons (Fsp3) is 0.800. The highest BCUT2D eigenvalue weighted by Gasteiger charge is 2.33. The highest BCUT2D eigenvalue weighted by molar-refractivity contribution is 5.05. The maximum Gasteiger partial charge on any atom is 0.162 e. The van der Waals surface area contributed by atoms with Gasteiger partial charge in [-0.1, -0.05) is 0 Å². The minimum Gasteiger partial charge on any atom is -0.388 e. The molecule has 0 spiro atoms. The van der Waals surface area contributed by atoms with Crippen LogP contribution in [-0.2, 0) is 11.3 Å². The smallest absolute Gasteiger partial charge is 0.162 e. The Balaban J connectivity index is 1.94. The molecule has 0 aromatic carbocycles. The lowest BCUT2D eigenvalue weighted by molar-refractivity contribution is 0.101. The molecule has 1 atom stereocenters. The van der Waals surface area contributed by atoms with E-state index in [1.54, 1.807) is 0 Å². The summed E-state index contributed by atoms with van der Waals surface area (Å²) in [6.07, 6.45) is 4.56. The lowest BCUT2D eigenvalue weighted by Gasteiger charge is -2.12. The van der Waals surface area contributed by atoms with Gasteiger partial charge in [-0.15, -0.1) is 10.2 Å². The van der Waals surface area contributed by atoms with E-state index < -0.39 is 0 Å². The summed E-state index contributed by atoms with van der Waals surface area (Å²) < 4.78 is 7.69. The van der Waals surface area contributed by atoms with E-state index in [0.717, 1.165) is 25.3 Å². The summed E-state index contributed by atoms with van der Waals surface area (Å²) in [6.45, 7) is 0.785. The van der Waals surface area contributed by atoms with E-state index in [1.165, 1.54) is 12.8 Å². The third kappa shape index (κ3) is 1.55. The van der Waals surface area contributed by atoms with Crippen molar-refractivity contribution in [1.82, 2.24) is 14.8 Å². The average Bonchev–Trinajstić information content (AvgIpc) is 2.83. The highest BCUT2D eigenvalue weighted by Crippen LogP contribution is 2.39. The van der Waals surface area contributed by atoms with Gasteiger partial charge in [0.15, 0.2) is 11.6 Å². The van der Waals surface area contributed by atoms with Crippen molar-refractivity contribution >= 4 is 0 Å². The normalized spacial score (nSPS) is 26.1.